The first kappa shape index (κ1) is 16.8. The summed E-state index contributed by atoms with van der Waals surface area (Å²) in [7, 11) is 4.37. The van der Waals surface area contributed by atoms with E-state index in [4.69, 9.17) is 17.4 Å². The van der Waals surface area contributed by atoms with Crippen LogP contribution in [0.2, 0.25) is 5.02 Å². The Kier molecular flexibility index (Phi) is 5.67. The fraction of sp³-hybridized carbons (Fsp3) is 0.647. The molecule has 0 saturated heterocycles. The van der Waals surface area contributed by atoms with Gasteiger partial charge in [0.25, 0.3) is 0 Å². The molecule has 1 aliphatic carbocycles. The van der Waals surface area contributed by atoms with E-state index in [1.807, 2.05) is 12.1 Å². The summed E-state index contributed by atoms with van der Waals surface area (Å²) in [5.74, 6) is 6.76. The summed E-state index contributed by atoms with van der Waals surface area (Å²) in [5, 5.41) is 0.782. The topological polar surface area (TPSA) is 41.3 Å². The lowest BCUT2D eigenvalue weighted by Crippen LogP contribution is -2.62. The lowest BCUT2D eigenvalue weighted by Gasteiger charge is -2.49. The molecule has 3 nitrogen and oxygen atoms in total. The molecule has 1 atom stereocenters. The Hall–Kier alpha value is -0.610. The molecule has 0 amide bonds. The molecular weight excluding hydrogens is 282 g/mol. The van der Waals surface area contributed by atoms with E-state index in [0.29, 0.717) is 0 Å². The van der Waals surface area contributed by atoms with Crippen LogP contribution >= 0.6 is 11.6 Å². The first-order chi connectivity index (χ1) is 9.98. The molecule has 4 heteroatoms. The van der Waals surface area contributed by atoms with Crippen LogP contribution in [0.3, 0.4) is 0 Å². The van der Waals surface area contributed by atoms with Gasteiger partial charge in [-0.3, -0.25) is 11.3 Å². The van der Waals surface area contributed by atoms with Crippen molar-refractivity contribution in [2.75, 3.05) is 14.1 Å². The molecule has 0 radical (unpaired) electrons. The summed E-state index contributed by atoms with van der Waals surface area (Å²) in [6.45, 7) is 2.35. The highest BCUT2D eigenvalue weighted by Crippen LogP contribution is 2.38. The van der Waals surface area contributed by atoms with E-state index in [0.717, 1.165) is 17.4 Å². The first-order valence-electron chi connectivity index (χ1n) is 7.86. The molecule has 1 fully saturated rings. The number of halogens is 1. The second kappa shape index (κ2) is 7.10. The summed E-state index contributed by atoms with van der Waals surface area (Å²) in [5.41, 5.74) is 4.52. The number of likely N-dealkylation sites (N-methyl/N-ethyl adjacent to an activating group) is 1. The van der Waals surface area contributed by atoms with Crippen LogP contribution in [0, 0.1) is 5.92 Å². The number of hydrazine groups is 1. The Bertz CT molecular complexity index is 436. The highest BCUT2D eigenvalue weighted by Gasteiger charge is 2.42. The normalized spacial score (nSPS) is 27.8. The van der Waals surface area contributed by atoms with Crippen LogP contribution in [0.5, 0.6) is 0 Å². The van der Waals surface area contributed by atoms with E-state index in [9.17, 15) is 0 Å². The minimum Gasteiger partial charge on any atom is -0.302 e. The third kappa shape index (κ3) is 3.78. The van der Waals surface area contributed by atoms with Crippen molar-refractivity contribution in [1.82, 2.24) is 10.3 Å². The third-order valence-electron chi connectivity index (χ3n) is 5.23. The van der Waals surface area contributed by atoms with Crippen LogP contribution in [0.1, 0.15) is 38.2 Å². The number of nitrogens with one attached hydrogen (secondary N) is 1. The van der Waals surface area contributed by atoms with Crippen molar-refractivity contribution < 1.29 is 0 Å². The summed E-state index contributed by atoms with van der Waals surface area (Å²) < 4.78 is 0. The van der Waals surface area contributed by atoms with Gasteiger partial charge in [-0.15, -0.1) is 0 Å². The summed E-state index contributed by atoms with van der Waals surface area (Å²) in [6.07, 6.45) is 5.88. The molecule has 21 heavy (non-hydrogen) atoms. The van der Waals surface area contributed by atoms with Gasteiger partial charge in [-0.25, -0.2) is 0 Å². The van der Waals surface area contributed by atoms with Crippen LogP contribution in [0.25, 0.3) is 0 Å². The molecular formula is C17H28ClN3. The summed E-state index contributed by atoms with van der Waals surface area (Å²) in [6, 6.07) is 8.36. The number of rotatable bonds is 5. The quantitative estimate of drug-likeness (QED) is 0.648. The molecule has 118 valence electrons. The highest BCUT2D eigenvalue weighted by molar-refractivity contribution is 6.30. The van der Waals surface area contributed by atoms with E-state index < -0.39 is 0 Å². The minimum atomic E-state index is 0.140. The number of benzene rings is 1. The van der Waals surface area contributed by atoms with Crippen molar-refractivity contribution in [1.29, 1.82) is 0 Å². The Labute approximate surface area is 133 Å². The SMILES string of the molecule is CC1CCC(C(Cc2ccc(Cl)cc2)NN)(N(C)C)CC1. The molecule has 2 rings (SSSR count). The zero-order valence-electron chi connectivity index (χ0n) is 13.4. The van der Waals surface area contributed by atoms with Crippen molar-refractivity contribution in [2.24, 2.45) is 11.8 Å². The van der Waals surface area contributed by atoms with Gasteiger partial charge in [-0.05, 0) is 69.8 Å². The Morgan fingerprint density at radius 3 is 2.33 bits per heavy atom. The Morgan fingerprint density at radius 1 is 1.29 bits per heavy atom. The largest absolute Gasteiger partial charge is 0.302 e. The summed E-state index contributed by atoms with van der Waals surface area (Å²) in [4.78, 5) is 2.37. The van der Waals surface area contributed by atoms with E-state index in [2.05, 4.69) is 43.5 Å². The summed E-state index contributed by atoms with van der Waals surface area (Å²) >= 11 is 5.98. The van der Waals surface area contributed by atoms with Crippen molar-refractivity contribution in [2.45, 2.75) is 50.6 Å². The molecule has 0 aliphatic heterocycles. The second-order valence-corrected chi connectivity index (χ2v) is 7.17. The highest BCUT2D eigenvalue weighted by atomic mass is 35.5. The monoisotopic (exact) mass is 309 g/mol. The second-order valence-electron chi connectivity index (χ2n) is 6.73. The van der Waals surface area contributed by atoms with E-state index >= 15 is 0 Å². The van der Waals surface area contributed by atoms with Gasteiger partial charge in [-0.2, -0.15) is 0 Å². The Morgan fingerprint density at radius 2 is 1.86 bits per heavy atom. The molecule has 0 spiro atoms. The van der Waals surface area contributed by atoms with Gasteiger partial charge in [0.15, 0.2) is 0 Å². The van der Waals surface area contributed by atoms with Gasteiger partial charge in [0.2, 0.25) is 0 Å². The standard InChI is InChI=1S/C17H28ClN3/c1-13-8-10-17(11-9-13,21(2)3)16(20-19)12-14-4-6-15(18)7-5-14/h4-7,13,16,20H,8-12,19H2,1-3H3. The van der Waals surface area contributed by atoms with Gasteiger partial charge < -0.3 is 4.90 Å². The molecule has 3 N–H and O–H groups in total. The predicted octanol–water partition coefficient (Wildman–Crippen LogP) is 3.22. The van der Waals surface area contributed by atoms with E-state index in [-0.39, 0.29) is 11.6 Å². The van der Waals surface area contributed by atoms with Crippen LogP contribution < -0.4 is 11.3 Å². The van der Waals surface area contributed by atoms with Crippen molar-refractivity contribution in [3.8, 4) is 0 Å². The maximum absolute atomic E-state index is 5.98. The van der Waals surface area contributed by atoms with Crippen molar-refractivity contribution >= 4 is 11.6 Å². The van der Waals surface area contributed by atoms with Crippen LogP contribution in [-0.4, -0.2) is 30.6 Å². The average molecular weight is 310 g/mol. The van der Waals surface area contributed by atoms with Crippen LogP contribution in [0.15, 0.2) is 24.3 Å². The first-order valence-corrected chi connectivity index (χ1v) is 8.24. The smallest absolute Gasteiger partial charge is 0.0434 e. The molecule has 0 heterocycles. The van der Waals surface area contributed by atoms with Crippen molar-refractivity contribution in [3.63, 3.8) is 0 Å². The average Bonchev–Trinajstić information content (AvgIpc) is 2.48. The van der Waals surface area contributed by atoms with Gasteiger partial charge in [0, 0.05) is 16.6 Å². The lowest BCUT2D eigenvalue weighted by molar-refractivity contribution is 0.0434. The van der Waals surface area contributed by atoms with Gasteiger partial charge in [-0.1, -0.05) is 30.7 Å². The number of hydrogen-bond donors (Lipinski definition) is 2. The fourth-order valence-electron chi connectivity index (χ4n) is 3.63. The molecule has 1 aliphatic rings. The molecule has 0 aromatic heterocycles. The number of hydrogen-bond acceptors (Lipinski definition) is 3. The maximum atomic E-state index is 5.98. The van der Waals surface area contributed by atoms with Gasteiger partial charge in [0.1, 0.15) is 0 Å². The van der Waals surface area contributed by atoms with Gasteiger partial charge in [0.05, 0.1) is 0 Å². The molecule has 0 bridgehead atoms. The molecule has 1 saturated carbocycles. The van der Waals surface area contributed by atoms with Gasteiger partial charge >= 0.3 is 0 Å². The van der Waals surface area contributed by atoms with Crippen LogP contribution in [-0.2, 0) is 6.42 Å². The predicted molar refractivity (Wildman–Crippen MR) is 90.3 cm³/mol. The van der Waals surface area contributed by atoms with Crippen LogP contribution in [0.4, 0.5) is 0 Å². The molecule has 1 unspecified atom stereocenters. The molecule has 1 aromatic rings. The zero-order valence-corrected chi connectivity index (χ0v) is 14.2. The molecule has 1 aromatic carbocycles. The maximum Gasteiger partial charge on any atom is 0.0434 e. The zero-order chi connectivity index (χ0) is 15.5. The van der Waals surface area contributed by atoms with Crippen molar-refractivity contribution in [3.05, 3.63) is 34.9 Å². The Balaban J connectivity index is 2.18. The van der Waals surface area contributed by atoms with E-state index in [1.165, 1.54) is 31.2 Å². The van der Waals surface area contributed by atoms with E-state index in [1.54, 1.807) is 0 Å². The fourth-order valence-corrected chi connectivity index (χ4v) is 3.76. The third-order valence-corrected chi connectivity index (χ3v) is 5.49. The number of nitrogens with zero attached hydrogens (tertiary/aromatic N) is 1. The minimum absolute atomic E-state index is 0.140. The lowest BCUT2D eigenvalue weighted by atomic mass is 9.71. The number of nitrogens with two attached hydrogens (primary N) is 1.